The molecule has 33 heavy (non-hydrogen) atoms. The van der Waals surface area contributed by atoms with E-state index >= 15 is 0 Å². The number of carbonyl (C=O) groups is 1. The molecular formula is C23H19N5O5. The number of amides is 1. The Bertz CT molecular complexity index is 1460. The van der Waals surface area contributed by atoms with Crippen LogP contribution in [-0.2, 0) is 24.4 Å². The molecule has 0 fully saturated rings. The molecule has 0 atom stereocenters. The third kappa shape index (κ3) is 4.05. The first-order valence-electron chi connectivity index (χ1n) is 10.2. The van der Waals surface area contributed by atoms with Gasteiger partial charge in [0.15, 0.2) is 17.0 Å². The number of nitrogens with zero attached hydrogens (tertiary/aromatic N) is 4. The first kappa shape index (κ1) is 20.4. The second kappa shape index (κ2) is 8.58. The number of benzene rings is 1. The zero-order valence-corrected chi connectivity index (χ0v) is 17.4. The van der Waals surface area contributed by atoms with Gasteiger partial charge in [0.25, 0.3) is 5.56 Å². The Morgan fingerprint density at radius 2 is 1.82 bits per heavy atom. The van der Waals surface area contributed by atoms with E-state index in [1.54, 1.807) is 48.7 Å². The molecule has 0 bridgehead atoms. The van der Waals surface area contributed by atoms with Gasteiger partial charge in [0.1, 0.15) is 6.54 Å². The molecule has 1 N–H and O–H groups in total. The van der Waals surface area contributed by atoms with E-state index in [-0.39, 0.29) is 37.9 Å². The molecule has 5 rings (SSSR count). The minimum absolute atomic E-state index is 0.0240. The van der Waals surface area contributed by atoms with Gasteiger partial charge in [0.2, 0.25) is 12.7 Å². The number of ether oxygens (including phenoxy) is 2. The number of aromatic nitrogens is 4. The third-order valence-electron chi connectivity index (χ3n) is 5.26. The van der Waals surface area contributed by atoms with Gasteiger partial charge < -0.3 is 14.8 Å². The van der Waals surface area contributed by atoms with E-state index in [1.165, 1.54) is 10.8 Å². The predicted octanol–water partition coefficient (Wildman–Crippen LogP) is 1.05. The fourth-order valence-corrected chi connectivity index (χ4v) is 3.64. The first-order chi connectivity index (χ1) is 16.1. The van der Waals surface area contributed by atoms with Crippen LogP contribution in [0, 0.1) is 0 Å². The summed E-state index contributed by atoms with van der Waals surface area (Å²) >= 11 is 0. The molecule has 3 aromatic heterocycles. The molecule has 0 spiro atoms. The van der Waals surface area contributed by atoms with Crippen molar-refractivity contribution in [2.45, 2.75) is 19.6 Å². The predicted molar refractivity (Wildman–Crippen MR) is 118 cm³/mol. The van der Waals surface area contributed by atoms with E-state index in [0.29, 0.717) is 22.7 Å². The lowest BCUT2D eigenvalue weighted by Gasteiger charge is -2.13. The molecule has 166 valence electrons. The summed E-state index contributed by atoms with van der Waals surface area (Å²) in [5.41, 5.74) is 0.639. The molecule has 0 saturated carbocycles. The maximum absolute atomic E-state index is 13.2. The van der Waals surface area contributed by atoms with Gasteiger partial charge in [0.05, 0.1) is 17.8 Å². The van der Waals surface area contributed by atoms with Gasteiger partial charge in [-0.05, 0) is 42.0 Å². The lowest BCUT2D eigenvalue weighted by molar-refractivity contribution is -0.121. The number of hydrogen-bond acceptors (Lipinski definition) is 7. The van der Waals surface area contributed by atoms with E-state index in [4.69, 9.17) is 9.47 Å². The Kier molecular flexibility index (Phi) is 5.31. The van der Waals surface area contributed by atoms with Crippen LogP contribution >= 0.6 is 0 Å². The van der Waals surface area contributed by atoms with Crippen molar-refractivity contribution in [1.82, 2.24) is 24.4 Å². The van der Waals surface area contributed by atoms with E-state index in [9.17, 15) is 14.4 Å². The van der Waals surface area contributed by atoms with E-state index in [1.807, 2.05) is 6.07 Å². The summed E-state index contributed by atoms with van der Waals surface area (Å²) < 4.78 is 12.9. The van der Waals surface area contributed by atoms with Crippen molar-refractivity contribution in [2.24, 2.45) is 0 Å². The van der Waals surface area contributed by atoms with Crippen molar-refractivity contribution >= 4 is 16.9 Å². The fourth-order valence-electron chi connectivity index (χ4n) is 3.64. The highest BCUT2D eigenvalue weighted by Crippen LogP contribution is 2.32. The Balaban J connectivity index is 1.42. The van der Waals surface area contributed by atoms with E-state index < -0.39 is 11.2 Å². The van der Waals surface area contributed by atoms with Crippen LogP contribution in [-0.4, -0.2) is 31.8 Å². The Morgan fingerprint density at radius 3 is 2.67 bits per heavy atom. The highest BCUT2D eigenvalue weighted by Gasteiger charge is 2.17. The fraction of sp³-hybridized carbons (Fsp3) is 0.174. The second-order valence-corrected chi connectivity index (χ2v) is 7.42. The number of nitrogens with one attached hydrogen (secondary N) is 1. The van der Waals surface area contributed by atoms with Gasteiger partial charge >= 0.3 is 5.69 Å². The average molecular weight is 445 g/mol. The summed E-state index contributed by atoms with van der Waals surface area (Å²) in [7, 11) is 0. The molecule has 4 aromatic rings. The summed E-state index contributed by atoms with van der Waals surface area (Å²) in [6, 6.07) is 13.9. The van der Waals surface area contributed by atoms with Gasteiger partial charge in [-0.1, -0.05) is 12.1 Å². The summed E-state index contributed by atoms with van der Waals surface area (Å²) in [6.07, 6.45) is 3.06. The van der Waals surface area contributed by atoms with Gasteiger partial charge in [-0.3, -0.25) is 23.7 Å². The van der Waals surface area contributed by atoms with Crippen molar-refractivity contribution < 1.29 is 14.3 Å². The SMILES string of the molecule is O=C(Cn1c(=O)n(Cc2ccccn2)c(=O)c2ncccc21)NCc1ccc2c(c1)OCO2. The van der Waals surface area contributed by atoms with E-state index in [2.05, 4.69) is 15.3 Å². The lowest BCUT2D eigenvalue weighted by atomic mass is 10.2. The van der Waals surface area contributed by atoms with Crippen LogP contribution in [0.2, 0.25) is 0 Å². The highest BCUT2D eigenvalue weighted by atomic mass is 16.7. The van der Waals surface area contributed by atoms with Crippen LogP contribution in [0.3, 0.4) is 0 Å². The Morgan fingerprint density at radius 1 is 0.970 bits per heavy atom. The topological polar surface area (TPSA) is 117 Å². The Hall–Kier alpha value is -4.47. The molecule has 0 aliphatic carbocycles. The third-order valence-corrected chi connectivity index (χ3v) is 5.26. The summed E-state index contributed by atoms with van der Waals surface area (Å²) in [6.45, 7) is 0.120. The maximum Gasteiger partial charge on any atom is 0.332 e. The first-order valence-corrected chi connectivity index (χ1v) is 10.2. The largest absolute Gasteiger partial charge is 0.454 e. The molecule has 4 heterocycles. The number of rotatable bonds is 6. The van der Waals surface area contributed by atoms with Crippen molar-refractivity contribution in [3.63, 3.8) is 0 Å². The van der Waals surface area contributed by atoms with Crippen molar-refractivity contribution in [3.05, 3.63) is 93.0 Å². The second-order valence-electron chi connectivity index (χ2n) is 7.42. The number of hydrogen-bond donors (Lipinski definition) is 1. The molecule has 1 aliphatic heterocycles. The summed E-state index contributed by atoms with van der Waals surface area (Å²) in [4.78, 5) is 47.2. The van der Waals surface area contributed by atoms with Crippen LogP contribution in [0.15, 0.2) is 70.5 Å². The normalized spacial score (nSPS) is 12.1. The van der Waals surface area contributed by atoms with Crippen molar-refractivity contribution in [2.75, 3.05) is 6.79 Å². The number of carbonyl (C=O) groups excluding carboxylic acids is 1. The Labute approximate surface area is 187 Å². The zero-order chi connectivity index (χ0) is 22.8. The smallest absolute Gasteiger partial charge is 0.332 e. The summed E-state index contributed by atoms with van der Waals surface area (Å²) in [5.74, 6) is 0.894. The average Bonchev–Trinajstić information content (AvgIpc) is 3.32. The zero-order valence-electron chi connectivity index (χ0n) is 17.4. The quantitative estimate of drug-likeness (QED) is 0.471. The molecule has 0 unspecified atom stereocenters. The van der Waals surface area contributed by atoms with Crippen molar-refractivity contribution in [1.29, 1.82) is 0 Å². The van der Waals surface area contributed by atoms with Crippen LogP contribution in [0.5, 0.6) is 11.5 Å². The lowest BCUT2D eigenvalue weighted by Crippen LogP contribution is -2.43. The number of pyridine rings is 2. The van der Waals surface area contributed by atoms with Gasteiger partial charge in [-0.2, -0.15) is 0 Å². The van der Waals surface area contributed by atoms with Crippen LogP contribution < -0.4 is 26.0 Å². The highest BCUT2D eigenvalue weighted by molar-refractivity contribution is 5.79. The maximum atomic E-state index is 13.2. The standard InChI is InChI=1S/C23H19N5O5/c29-20(26-11-15-6-7-18-19(10-15)33-14-32-18)13-27-17-5-3-9-25-21(17)22(30)28(23(27)31)12-16-4-1-2-8-24-16/h1-10H,11-14H2,(H,26,29). The van der Waals surface area contributed by atoms with Crippen molar-refractivity contribution in [3.8, 4) is 11.5 Å². The molecule has 1 amide bonds. The minimum atomic E-state index is -0.607. The van der Waals surface area contributed by atoms with Gasteiger partial charge in [-0.25, -0.2) is 9.78 Å². The van der Waals surface area contributed by atoms with Crippen LogP contribution in [0.1, 0.15) is 11.3 Å². The molecule has 0 radical (unpaired) electrons. The molecular weight excluding hydrogens is 426 g/mol. The molecule has 1 aromatic carbocycles. The monoisotopic (exact) mass is 445 g/mol. The number of fused-ring (bicyclic) bond motifs is 2. The molecule has 1 aliphatic rings. The van der Waals surface area contributed by atoms with Gasteiger partial charge in [0, 0.05) is 18.9 Å². The molecule has 10 heteroatoms. The molecule has 0 saturated heterocycles. The van der Waals surface area contributed by atoms with E-state index in [0.717, 1.165) is 10.1 Å². The van der Waals surface area contributed by atoms with Gasteiger partial charge in [-0.15, -0.1) is 0 Å². The minimum Gasteiger partial charge on any atom is -0.454 e. The molecule has 10 nitrogen and oxygen atoms in total. The summed E-state index contributed by atoms with van der Waals surface area (Å²) in [5, 5.41) is 2.80. The van der Waals surface area contributed by atoms with Crippen LogP contribution in [0.4, 0.5) is 0 Å². The van der Waals surface area contributed by atoms with Crippen LogP contribution in [0.25, 0.3) is 11.0 Å².